The zero-order chi connectivity index (χ0) is 21.7. The molecule has 5 rings (SSSR count). The maximum atomic E-state index is 13.0. The highest BCUT2D eigenvalue weighted by atomic mass is 16.5. The van der Waals surface area contributed by atoms with Crippen LogP contribution in [0.5, 0.6) is 0 Å². The van der Waals surface area contributed by atoms with Crippen molar-refractivity contribution < 1.29 is 9.26 Å². The molecule has 4 heterocycles. The van der Waals surface area contributed by atoms with Gasteiger partial charge in [-0.3, -0.25) is 9.36 Å². The molecule has 1 fully saturated rings. The predicted octanol–water partition coefficient (Wildman–Crippen LogP) is 2.01. The van der Waals surface area contributed by atoms with Gasteiger partial charge in [0.15, 0.2) is 17.0 Å². The van der Waals surface area contributed by atoms with Crippen molar-refractivity contribution in [2.45, 2.75) is 38.8 Å². The second kappa shape index (κ2) is 7.31. The average Bonchev–Trinajstić information content (AvgIpc) is 3.46. The van der Waals surface area contributed by atoms with Crippen molar-refractivity contribution in [3.63, 3.8) is 0 Å². The number of aromatic nitrogens is 6. The number of hydrogen-bond donors (Lipinski definition) is 1. The molecule has 10 heteroatoms. The summed E-state index contributed by atoms with van der Waals surface area (Å²) in [7, 11) is 1.68. The Hall–Kier alpha value is -3.53. The largest absolute Gasteiger partial charge is 0.373 e. The zero-order valence-corrected chi connectivity index (χ0v) is 17.6. The minimum absolute atomic E-state index is 0.0133. The summed E-state index contributed by atoms with van der Waals surface area (Å²) < 4.78 is 14.4. The molecule has 0 spiro atoms. The second-order valence-corrected chi connectivity index (χ2v) is 7.96. The molecular weight excluding hydrogens is 398 g/mol. The van der Waals surface area contributed by atoms with Gasteiger partial charge in [0.25, 0.3) is 5.56 Å². The van der Waals surface area contributed by atoms with Crippen LogP contribution in [0.25, 0.3) is 11.2 Å². The van der Waals surface area contributed by atoms with Crippen molar-refractivity contribution >= 4 is 17.1 Å². The highest BCUT2D eigenvalue weighted by Gasteiger charge is 2.31. The van der Waals surface area contributed by atoms with Crippen molar-refractivity contribution in [1.29, 1.82) is 0 Å². The third-order valence-electron chi connectivity index (χ3n) is 5.81. The van der Waals surface area contributed by atoms with E-state index < -0.39 is 0 Å². The van der Waals surface area contributed by atoms with Crippen LogP contribution in [0.4, 0.5) is 5.95 Å². The molecule has 1 aliphatic heterocycles. The molecule has 2 atom stereocenters. The molecule has 0 unspecified atom stereocenters. The predicted molar refractivity (Wildman–Crippen MR) is 113 cm³/mol. The van der Waals surface area contributed by atoms with Crippen LogP contribution in [0.15, 0.2) is 33.6 Å². The summed E-state index contributed by atoms with van der Waals surface area (Å²) in [6.45, 7) is 4.45. The minimum Gasteiger partial charge on any atom is -0.373 e. The Bertz CT molecular complexity index is 1320. The quantitative estimate of drug-likeness (QED) is 0.530. The van der Waals surface area contributed by atoms with Gasteiger partial charge in [-0.1, -0.05) is 35.0 Å². The molecular formula is C21H23N7O3. The van der Waals surface area contributed by atoms with Crippen molar-refractivity contribution in [2.75, 3.05) is 12.3 Å². The van der Waals surface area contributed by atoms with E-state index in [1.54, 1.807) is 14.0 Å². The number of imidazole rings is 1. The van der Waals surface area contributed by atoms with E-state index >= 15 is 0 Å². The topological polar surface area (TPSA) is 127 Å². The fraction of sp³-hybridized carbons (Fsp3) is 0.381. The fourth-order valence-electron chi connectivity index (χ4n) is 3.95. The van der Waals surface area contributed by atoms with Crippen molar-refractivity contribution in [3.05, 3.63) is 63.3 Å². The lowest BCUT2D eigenvalue weighted by molar-refractivity contribution is 0.110. The van der Waals surface area contributed by atoms with E-state index in [1.807, 2.05) is 0 Å². The Balaban J connectivity index is 1.37. The Morgan fingerprint density at radius 2 is 1.94 bits per heavy atom. The second-order valence-electron chi connectivity index (χ2n) is 7.96. The Morgan fingerprint density at radius 1 is 1.16 bits per heavy atom. The first-order valence-electron chi connectivity index (χ1n) is 10.1. The standard InChI is InChI=1S/C21H23N7O3/c1-11-4-6-13(7-5-11)15-8-14(10-30-15)18-24-16(31-26-18)9-28-12(2)23-19-17(20(28)29)27(3)21(22)25-19/h4-7,14-15H,8-10H2,1-3H3,(H2,22,25)/t14-,15+/m0/s1. The summed E-state index contributed by atoms with van der Waals surface area (Å²) in [6.07, 6.45) is 0.794. The summed E-state index contributed by atoms with van der Waals surface area (Å²) in [5, 5.41) is 4.14. The molecule has 0 bridgehead atoms. The van der Waals surface area contributed by atoms with Crippen molar-refractivity contribution in [3.8, 4) is 0 Å². The summed E-state index contributed by atoms with van der Waals surface area (Å²) >= 11 is 0. The molecule has 4 aromatic rings. The first-order chi connectivity index (χ1) is 14.9. The smallest absolute Gasteiger partial charge is 0.280 e. The van der Waals surface area contributed by atoms with Crippen LogP contribution in [0.2, 0.25) is 0 Å². The van der Waals surface area contributed by atoms with Gasteiger partial charge in [-0.25, -0.2) is 4.98 Å². The number of ether oxygens (including phenoxy) is 1. The van der Waals surface area contributed by atoms with Crippen LogP contribution >= 0.6 is 0 Å². The molecule has 10 nitrogen and oxygen atoms in total. The fourth-order valence-corrected chi connectivity index (χ4v) is 3.95. The third-order valence-corrected chi connectivity index (χ3v) is 5.81. The lowest BCUT2D eigenvalue weighted by atomic mass is 9.99. The van der Waals surface area contributed by atoms with Gasteiger partial charge in [0, 0.05) is 13.0 Å². The molecule has 2 N–H and O–H groups in total. The van der Waals surface area contributed by atoms with E-state index in [0.29, 0.717) is 35.3 Å². The average molecular weight is 421 g/mol. The number of anilines is 1. The number of rotatable bonds is 4. The number of benzene rings is 1. The molecule has 0 radical (unpaired) electrons. The van der Waals surface area contributed by atoms with E-state index in [4.69, 9.17) is 15.0 Å². The maximum absolute atomic E-state index is 13.0. The lowest BCUT2D eigenvalue weighted by Crippen LogP contribution is -2.26. The SMILES string of the molecule is Cc1ccc([C@H]2C[C@H](c3noc(Cn4c(C)nc5nc(N)n(C)c5c4=O)n3)CO2)cc1. The molecule has 1 aliphatic rings. The summed E-state index contributed by atoms with van der Waals surface area (Å²) in [6, 6.07) is 8.35. The molecule has 0 aliphatic carbocycles. The third kappa shape index (κ3) is 3.38. The van der Waals surface area contributed by atoms with E-state index in [-0.39, 0.29) is 30.1 Å². The molecule has 0 amide bonds. The van der Waals surface area contributed by atoms with Crippen LogP contribution in [0, 0.1) is 13.8 Å². The number of nitrogens with two attached hydrogens (primary N) is 1. The summed E-state index contributed by atoms with van der Waals surface area (Å²) in [5.41, 5.74) is 8.60. The first-order valence-corrected chi connectivity index (χ1v) is 10.1. The molecule has 0 saturated carbocycles. The maximum Gasteiger partial charge on any atom is 0.280 e. The first kappa shape index (κ1) is 19.4. The van der Waals surface area contributed by atoms with Crippen LogP contribution in [-0.4, -0.2) is 35.8 Å². The Labute approximate surface area is 177 Å². The van der Waals surface area contributed by atoms with Crippen LogP contribution in [-0.2, 0) is 18.3 Å². The van der Waals surface area contributed by atoms with Gasteiger partial charge in [-0.05, 0) is 25.8 Å². The Kier molecular flexibility index (Phi) is 4.58. The molecule has 1 aromatic carbocycles. The van der Waals surface area contributed by atoms with Crippen LogP contribution < -0.4 is 11.3 Å². The van der Waals surface area contributed by atoms with Crippen LogP contribution in [0.1, 0.15) is 47.1 Å². The Morgan fingerprint density at radius 3 is 2.71 bits per heavy atom. The molecule has 160 valence electrons. The number of nitrogens with zero attached hydrogens (tertiary/aromatic N) is 6. The lowest BCUT2D eigenvalue weighted by Gasteiger charge is -2.09. The van der Waals surface area contributed by atoms with Gasteiger partial charge in [0.05, 0.1) is 12.7 Å². The van der Waals surface area contributed by atoms with Gasteiger partial charge in [0.2, 0.25) is 11.8 Å². The zero-order valence-electron chi connectivity index (χ0n) is 17.6. The number of fused-ring (bicyclic) bond motifs is 1. The summed E-state index contributed by atoms with van der Waals surface area (Å²) in [4.78, 5) is 26.0. The molecule has 31 heavy (non-hydrogen) atoms. The van der Waals surface area contributed by atoms with Gasteiger partial charge in [-0.15, -0.1) is 0 Å². The van der Waals surface area contributed by atoms with Gasteiger partial charge >= 0.3 is 0 Å². The molecule has 1 saturated heterocycles. The normalized spacial score (nSPS) is 18.8. The number of aryl methyl sites for hydroxylation is 3. The summed E-state index contributed by atoms with van der Waals surface area (Å²) in [5.74, 6) is 1.71. The van der Waals surface area contributed by atoms with Gasteiger partial charge in [-0.2, -0.15) is 9.97 Å². The van der Waals surface area contributed by atoms with Gasteiger partial charge in [0.1, 0.15) is 12.4 Å². The highest BCUT2D eigenvalue weighted by molar-refractivity contribution is 5.73. The van der Waals surface area contributed by atoms with Crippen molar-refractivity contribution in [2.24, 2.45) is 7.05 Å². The number of nitrogen functional groups attached to an aromatic ring is 1. The van der Waals surface area contributed by atoms with E-state index in [0.717, 1.165) is 12.0 Å². The molecule has 3 aromatic heterocycles. The van der Waals surface area contributed by atoms with E-state index in [9.17, 15) is 4.79 Å². The monoisotopic (exact) mass is 421 g/mol. The van der Waals surface area contributed by atoms with E-state index in [2.05, 4.69) is 51.3 Å². The van der Waals surface area contributed by atoms with Gasteiger partial charge < -0.3 is 19.6 Å². The van der Waals surface area contributed by atoms with E-state index in [1.165, 1.54) is 14.7 Å². The number of hydrogen-bond acceptors (Lipinski definition) is 8. The van der Waals surface area contributed by atoms with Crippen LogP contribution in [0.3, 0.4) is 0 Å². The highest BCUT2D eigenvalue weighted by Crippen LogP contribution is 2.37. The van der Waals surface area contributed by atoms with Crippen molar-refractivity contribution in [1.82, 2.24) is 29.2 Å². The minimum atomic E-state index is -0.252.